The topological polar surface area (TPSA) is 79.7 Å². The van der Waals surface area contributed by atoms with E-state index in [1.54, 1.807) is 19.1 Å². The van der Waals surface area contributed by atoms with E-state index in [4.69, 9.17) is 9.84 Å². The number of anilines is 1. The van der Waals surface area contributed by atoms with Crippen molar-refractivity contribution in [2.24, 2.45) is 0 Å². The predicted molar refractivity (Wildman–Crippen MR) is 81.2 cm³/mol. The van der Waals surface area contributed by atoms with Crippen LogP contribution in [-0.4, -0.2) is 35.6 Å². The van der Waals surface area contributed by atoms with Crippen molar-refractivity contribution >= 4 is 17.7 Å². The quantitative estimate of drug-likeness (QED) is 0.915. The molecule has 1 aromatic carbocycles. The zero-order valence-corrected chi connectivity index (χ0v) is 12.6. The third-order valence-corrected chi connectivity index (χ3v) is 3.10. The van der Waals surface area contributed by atoms with Gasteiger partial charge in [-0.3, -0.25) is 14.5 Å². The molecule has 0 atom stereocenters. The molecule has 0 unspecified atom stereocenters. The summed E-state index contributed by atoms with van der Waals surface area (Å²) in [5, 5.41) is 9.03. The van der Waals surface area contributed by atoms with Gasteiger partial charge in [-0.1, -0.05) is 6.07 Å². The Balaban J connectivity index is 2.43. The number of hydrogen-bond acceptors (Lipinski definition) is 4. The Morgan fingerprint density at radius 1 is 1.30 bits per heavy atom. The molecule has 0 fully saturated rings. The lowest BCUT2D eigenvalue weighted by molar-refractivity contribution is -0.135. The highest BCUT2D eigenvalue weighted by molar-refractivity contribution is 6.07. The summed E-state index contributed by atoms with van der Waals surface area (Å²) < 4.78 is 19.0. The highest BCUT2D eigenvalue weighted by atomic mass is 19.1. The van der Waals surface area contributed by atoms with Crippen LogP contribution in [0.2, 0.25) is 0 Å². The van der Waals surface area contributed by atoms with E-state index >= 15 is 0 Å². The minimum absolute atomic E-state index is 0.146. The Morgan fingerprint density at radius 3 is 2.61 bits per heavy atom. The maximum Gasteiger partial charge on any atom is 0.323 e. The monoisotopic (exact) mass is 318 g/mol. The number of aromatic nitrogens is 1. The summed E-state index contributed by atoms with van der Waals surface area (Å²) in [6.07, 6.45) is 0. The van der Waals surface area contributed by atoms with Crippen LogP contribution in [-0.2, 0) is 4.79 Å². The fourth-order valence-corrected chi connectivity index (χ4v) is 2.01. The number of ether oxygens (including phenoxy) is 1. The number of aryl methyl sites for hydroxylation is 1. The molecule has 0 saturated heterocycles. The Labute approximate surface area is 132 Å². The number of rotatable bonds is 5. The fourth-order valence-electron chi connectivity index (χ4n) is 2.01. The third-order valence-electron chi connectivity index (χ3n) is 3.10. The van der Waals surface area contributed by atoms with Crippen LogP contribution >= 0.6 is 0 Å². The lowest BCUT2D eigenvalue weighted by atomic mass is 10.1. The van der Waals surface area contributed by atoms with Crippen molar-refractivity contribution in [1.82, 2.24) is 4.98 Å². The standard InChI is InChI=1S/C16H15FN2O4/c1-10-4-3-5-14(18-10)19(9-15(20)21)16(22)12-7-6-11(23-2)8-13(12)17/h3-8H,9H2,1-2H3,(H,20,21). The molecular formula is C16H15FN2O4. The Kier molecular flexibility index (Phi) is 4.90. The molecule has 1 heterocycles. The number of amides is 1. The Morgan fingerprint density at radius 2 is 2.04 bits per heavy atom. The summed E-state index contributed by atoms with van der Waals surface area (Å²) in [5.74, 6) is -2.40. The predicted octanol–water partition coefficient (Wildman–Crippen LogP) is 2.27. The number of hydrogen-bond donors (Lipinski definition) is 1. The fraction of sp³-hybridized carbons (Fsp3) is 0.188. The van der Waals surface area contributed by atoms with Crippen LogP contribution in [0.5, 0.6) is 5.75 Å². The number of nitrogens with zero attached hydrogens (tertiary/aromatic N) is 2. The number of carbonyl (C=O) groups is 2. The van der Waals surface area contributed by atoms with E-state index in [-0.39, 0.29) is 17.1 Å². The molecule has 2 aromatic rings. The van der Waals surface area contributed by atoms with Crippen molar-refractivity contribution in [2.75, 3.05) is 18.6 Å². The first-order valence-electron chi connectivity index (χ1n) is 6.73. The molecule has 0 aliphatic carbocycles. The van der Waals surface area contributed by atoms with Gasteiger partial charge in [-0.05, 0) is 31.2 Å². The van der Waals surface area contributed by atoms with Crippen LogP contribution in [0.4, 0.5) is 10.2 Å². The molecule has 1 aromatic heterocycles. The van der Waals surface area contributed by atoms with E-state index in [1.165, 1.54) is 25.3 Å². The van der Waals surface area contributed by atoms with Crippen LogP contribution in [0.1, 0.15) is 16.1 Å². The van der Waals surface area contributed by atoms with Gasteiger partial charge >= 0.3 is 5.97 Å². The van der Waals surface area contributed by atoms with Gasteiger partial charge in [-0.2, -0.15) is 0 Å². The highest BCUT2D eigenvalue weighted by Crippen LogP contribution is 2.20. The van der Waals surface area contributed by atoms with E-state index in [9.17, 15) is 14.0 Å². The first-order chi connectivity index (χ1) is 10.9. The molecule has 0 aliphatic rings. The number of carbonyl (C=O) groups excluding carboxylic acids is 1. The number of carboxylic acid groups (broad SMARTS) is 1. The average Bonchev–Trinajstić information content (AvgIpc) is 2.51. The van der Waals surface area contributed by atoms with Gasteiger partial charge in [0, 0.05) is 11.8 Å². The molecule has 1 N–H and O–H groups in total. The lowest BCUT2D eigenvalue weighted by Crippen LogP contribution is -2.37. The lowest BCUT2D eigenvalue weighted by Gasteiger charge is -2.20. The van der Waals surface area contributed by atoms with Gasteiger partial charge in [0.25, 0.3) is 5.91 Å². The highest BCUT2D eigenvalue weighted by Gasteiger charge is 2.24. The molecule has 0 radical (unpaired) electrons. The van der Waals surface area contributed by atoms with Crippen molar-refractivity contribution in [2.45, 2.75) is 6.92 Å². The Hall–Kier alpha value is -2.96. The molecule has 1 amide bonds. The first-order valence-corrected chi connectivity index (χ1v) is 6.73. The summed E-state index contributed by atoms with van der Waals surface area (Å²) in [4.78, 5) is 28.7. The average molecular weight is 318 g/mol. The van der Waals surface area contributed by atoms with Crippen LogP contribution in [0.3, 0.4) is 0 Å². The van der Waals surface area contributed by atoms with Crippen molar-refractivity contribution in [3.05, 3.63) is 53.5 Å². The van der Waals surface area contributed by atoms with E-state index in [0.717, 1.165) is 11.0 Å². The summed E-state index contributed by atoms with van der Waals surface area (Å²) >= 11 is 0. The molecule has 0 saturated carbocycles. The van der Waals surface area contributed by atoms with Crippen LogP contribution in [0.25, 0.3) is 0 Å². The van der Waals surface area contributed by atoms with Gasteiger partial charge in [0.05, 0.1) is 12.7 Å². The SMILES string of the molecule is COc1ccc(C(=O)N(CC(=O)O)c2cccc(C)n2)c(F)c1. The second-order valence-electron chi connectivity index (χ2n) is 4.77. The second kappa shape index (κ2) is 6.87. The molecule has 2 rings (SSSR count). The van der Waals surface area contributed by atoms with Crippen molar-refractivity contribution < 1.29 is 23.8 Å². The molecular weight excluding hydrogens is 303 g/mol. The van der Waals surface area contributed by atoms with Crippen LogP contribution in [0, 0.1) is 12.7 Å². The van der Waals surface area contributed by atoms with E-state index in [1.807, 2.05) is 0 Å². The van der Waals surface area contributed by atoms with E-state index in [0.29, 0.717) is 5.69 Å². The summed E-state index contributed by atoms with van der Waals surface area (Å²) in [6.45, 7) is 1.08. The van der Waals surface area contributed by atoms with E-state index < -0.39 is 24.2 Å². The molecule has 23 heavy (non-hydrogen) atoms. The normalized spacial score (nSPS) is 10.2. The molecule has 0 spiro atoms. The minimum Gasteiger partial charge on any atom is -0.497 e. The van der Waals surface area contributed by atoms with Crippen molar-refractivity contribution in [3.8, 4) is 5.75 Å². The number of benzene rings is 1. The third kappa shape index (κ3) is 3.82. The van der Waals surface area contributed by atoms with Gasteiger partial charge in [0.15, 0.2) is 0 Å². The molecule has 120 valence electrons. The van der Waals surface area contributed by atoms with Gasteiger partial charge in [-0.15, -0.1) is 0 Å². The number of methoxy groups -OCH3 is 1. The molecule has 6 nitrogen and oxygen atoms in total. The minimum atomic E-state index is -1.23. The number of pyridine rings is 1. The largest absolute Gasteiger partial charge is 0.497 e. The summed E-state index contributed by atoms with van der Waals surface area (Å²) in [6, 6.07) is 8.59. The van der Waals surface area contributed by atoms with Gasteiger partial charge in [0.2, 0.25) is 0 Å². The van der Waals surface area contributed by atoms with E-state index in [2.05, 4.69) is 4.98 Å². The zero-order valence-electron chi connectivity index (χ0n) is 12.6. The molecule has 7 heteroatoms. The van der Waals surface area contributed by atoms with Gasteiger partial charge in [0.1, 0.15) is 23.9 Å². The number of carboxylic acids is 1. The van der Waals surface area contributed by atoms with Crippen molar-refractivity contribution in [3.63, 3.8) is 0 Å². The smallest absolute Gasteiger partial charge is 0.323 e. The molecule has 0 aliphatic heterocycles. The number of halogens is 1. The zero-order chi connectivity index (χ0) is 17.0. The van der Waals surface area contributed by atoms with Crippen LogP contribution < -0.4 is 9.64 Å². The van der Waals surface area contributed by atoms with Crippen molar-refractivity contribution in [1.29, 1.82) is 0 Å². The van der Waals surface area contributed by atoms with Crippen LogP contribution in [0.15, 0.2) is 36.4 Å². The maximum absolute atomic E-state index is 14.1. The van der Waals surface area contributed by atoms with Gasteiger partial charge in [-0.25, -0.2) is 9.37 Å². The van der Waals surface area contributed by atoms with Gasteiger partial charge < -0.3 is 9.84 Å². The molecule has 0 bridgehead atoms. The second-order valence-corrected chi connectivity index (χ2v) is 4.77. The first kappa shape index (κ1) is 16.4. The summed E-state index contributed by atoms with van der Waals surface area (Å²) in [5.41, 5.74) is 0.358. The maximum atomic E-state index is 14.1. The summed E-state index contributed by atoms with van der Waals surface area (Å²) in [7, 11) is 1.38. The number of aliphatic carboxylic acids is 1. The Bertz CT molecular complexity index is 749.